The summed E-state index contributed by atoms with van der Waals surface area (Å²) in [5.41, 5.74) is 2.75. The summed E-state index contributed by atoms with van der Waals surface area (Å²) in [5, 5.41) is 9.45. The molecule has 0 unspecified atom stereocenters. The van der Waals surface area contributed by atoms with Gasteiger partial charge in [0.1, 0.15) is 11.4 Å². The van der Waals surface area contributed by atoms with E-state index in [1.807, 2.05) is 28.0 Å². The summed E-state index contributed by atoms with van der Waals surface area (Å²) < 4.78 is 1.08. The minimum atomic E-state index is 0.0176. The number of carbonyl (C=O) groups is 2. The van der Waals surface area contributed by atoms with E-state index in [1.54, 1.807) is 23.5 Å². The molecule has 1 aromatic carbocycles. The lowest BCUT2D eigenvalue weighted by Gasteiger charge is -2.37. The van der Waals surface area contributed by atoms with E-state index in [0.717, 1.165) is 61.2 Å². The highest BCUT2D eigenvalue weighted by atomic mass is 32.1. The first-order chi connectivity index (χ1) is 16.0. The molecular weight excluding hydrogens is 436 g/mol. The van der Waals surface area contributed by atoms with E-state index < -0.39 is 0 Å². The van der Waals surface area contributed by atoms with Crippen molar-refractivity contribution < 1.29 is 14.7 Å². The quantitative estimate of drug-likeness (QED) is 0.619. The molecule has 2 amide bonds. The minimum absolute atomic E-state index is 0.0176. The lowest BCUT2D eigenvalue weighted by molar-refractivity contribution is -0.138. The standard InChI is InChI=1S/C25H30N4O3S/c1-27-10-12-29(13-11-27)24(31)18-6-8-28(9-7-18)25(32)22-16-23-21(26-22)15-20(33-23)14-17-2-4-19(30)5-3-17/h2-5,15-16,18,26,30H,6-14H2,1H3. The number of aromatic amines is 1. The smallest absolute Gasteiger partial charge is 0.270 e. The highest BCUT2D eigenvalue weighted by Crippen LogP contribution is 2.29. The molecule has 2 N–H and O–H groups in total. The van der Waals surface area contributed by atoms with Crippen LogP contribution in [0.2, 0.25) is 0 Å². The molecule has 0 atom stereocenters. The Hall–Kier alpha value is -2.84. The van der Waals surface area contributed by atoms with Crippen LogP contribution < -0.4 is 0 Å². The molecule has 2 aliphatic rings. The number of nitrogens with one attached hydrogen (secondary N) is 1. The first-order valence-corrected chi connectivity index (χ1v) is 12.4. The number of likely N-dealkylation sites (tertiary alicyclic amines) is 1. The van der Waals surface area contributed by atoms with Crippen LogP contribution in [0.3, 0.4) is 0 Å². The topological polar surface area (TPSA) is 79.9 Å². The Bertz CT molecular complexity index is 1100. The van der Waals surface area contributed by atoms with E-state index in [2.05, 4.69) is 23.0 Å². The zero-order valence-corrected chi connectivity index (χ0v) is 19.7. The lowest BCUT2D eigenvalue weighted by atomic mass is 9.94. The molecule has 174 valence electrons. The number of aromatic hydroxyl groups is 1. The van der Waals surface area contributed by atoms with Crippen LogP contribution in [0.25, 0.3) is 10.2 Å². The number of aromatic nitrogens is 1. The van der Waals surface area contributed by atoms with Crippen LogP contribution in [-0.2, 0) is 11.2 Å². The second kappa shape index (κ2) is 9.19. The maximum absolute atomic E-state index is 13.1. The van der Waals surface area contributed by atoms with Crippen LogP contribution in [-0.4, -0.2) is 82.9 Å². The van der Waals surface area contributed by atoms with Crippen LogP contribution in [0.1, 0.15) is 33.8 Å². The van der Waals surface area contributed by atoms with Crippen molar-refractivity contribution in [2.45, 2.75) is 19.3 Å². The first kappa shape index (κ1) is 22.0. The van der Waals surface area contributed by atoms with E-state index in [1.165, 1.54) is 4.88 Å². The summed E-state index contributed by atoms with van der Waals surface area (Å²) in [6.07, 6.45) is 2.27. The highest BCUT2D eigenvalue weighted by Gasteiger charge is 2.32. The van der Waals surface area contributed by atoms with Crippen molar-refractivity contribution >= 4 is 33.4 Å². The zero-order chi connectivity index (χ0) is 22.9. The fraction of sp³-hybridized carbons (Fsp3) is 0.440. The Labute approximate surface area is 197 Å². The SMILES string of the molecule is CN1CCN(C(=O)C2CCN(C(=O)c3cc4sc(Cc5ccc(O)cc5)cc4[nH]3)CC2)CC1. The number of thiophene rings is 1. The number of phenolic OH excluding ortho intramolecular Hbond substituents is 1. The number of piperidine rings is 1. The summed E-state index contributed by atoms with van der Waals surface area (Å²) in [7, 11) is 2.09. The van der Waals surface area contributed by atoms with Crippen LogP contribution in [0.5, 0.6) is 5.75 Å². The van der Waals surface area contributed by atoms with Crippen LogP contribution in [0.15, 0.2) is 36.4 Å². The number of likely N-dealkylation sites (N-methyl/N-ethyl adjacent to an activating group) is 1. The molecule has 2 saturated heterocycles. The maximum atomic E-state index is 13.1. The number of hydrogen-bond donors (Lipinski definition) is 2. The largest absolute Gasteiger partial charge is 0.508 e. The maximum Gasteiger partial charge on any atom is 0.270 e. The van der Waals surface area contributed by atoms with Gasteiger partial charge in [-0.25, -0.2) is 0 Å². The summed E-state index contributed by atoms with van der Waals surface area (Å²) >= 11 is 1.68. The summed E-state index contributed by atoms with van der Waals surface area (Å²) in [4.78, 5) is 36.6. The molecule has 3 aromatic rings. The van der Waals surface area contributed by atoms with Gasteiger partial charge in [0, 0.05) is 56.5 Å². The highest BCUT2D eigenvalue weighted by molar-refractivity contribution is 7.19. The third-order valence-electron chi connectivity index (χ3n) is 6.85. The molecule has 4 heterocycles. The van der Waals surface area contributed by atoms with Gasteiger partial charge in [-0.2, -0.15) is 0 Å². The fourth-order valence-corrected chi connectivity index (χ4v) is 5.87. The third kappa shape index (κ3) is 4.77. The second-order valence-corrected chi connectivity index (χ2v) is 10.4. The van der Waals surface area contributed by atoms with Gasteiger partial charge in [0.25, 0.3) is 5.91 Å². The lowest BCUT2D eigenvalue weighted by Crippen LogP contribution is -2.51. The molecule has 0 bridgehead atoms. The van der Waals surface area contributed by atoms with Crippen molar-refractivity contribution in [3.05, 3.63) is 52.5 Å². The molecule has 2 fully saturated rings. The van der Waals surface area contributed by atoms with Crippen LogP contribution in [0, 0.1) is 5.92 Å². The van der Waals surface area contributed by atoms with E-state index in [9.17, 15) is 14.7 Å². The predicted octanol–water partition coefficient (Wildman–Crippen LogP) is 3.15. The average molecular weight is 467 g/mol. The van der Waals surface area contributed by atoms with Crippen molar-refractivity contribution in [2.24, 2.45) is 5.92 Å². The number of piperazine rings is 1. The summed E-state index contributed by atoms with van der Waals surface area (Å²) in [5.74, 6) is 0.584. The Morgan fingerprint density at radius 2 is 1.70 bits per heavy atom. The molecule has 0 radical (unpaired) electrons. The number of benzene rings is 1. The predicted molar refractivity (Wildman–Crippen MR) is 130 cm³/mol. The molecule has 2 aromatic heterocycles. The zero-order valence-electron chi connectivity index (χ0n) is 18.9. The van der Waals surface area contributed by atoms with E-state index >= 15 is 0 Å². The molecule has 2 aliphatic heterocycles. The van der Waals surface area contributed by atoms with Gasteiger partial charge in [0.05, 0.1) is 10.2 Å². The molecule has 0 aliphatic carbocycles. The third-order valence-corrected chi connectivity index (χ3v) is 7.93. The normalized spacial score (nSPS) is 18.2. The summed E-state index contributed by atoms with van der Waals surface area (Å²) in [6.45, 7) is 4.74. The second-order valence-electron chi connectivity index (χ2n) is 9.21. The van der Waals surface area contributed by atoms with E-state index in [4.69, 9.17) is 0 Å². The van der Waals surface area contributed by atoms with Gasteiger partial charge in [-0.3, -0.25) is 9.59 Å². The van der Waals surface area contributed by atoms with Gasteiger partial charge in [-0.05, 0) is 49.7 Å². The van der Waals surface area contributed by atoms with Crippen molar-refractivity contribution in [1.82, 2.24) is 19.7 Å². The van der Waals surface area contributed by atoms with Crippen LogP contribution >= 0.6 is 11.3 Å². The molecule has 8 heteroatoms. The Morgan fingerprint density at radius 3 is 2.36 bits per heavy atom. The Morgan fingerprint density at radius 1 is 1.00 bits per heavy atom. The molecule has 5 rings (SSSR count). The average Bonchev–Trinajstić information content (AvgIpc) is 3.39. The van der Waals surface area contributed by atoms with Crippen molar-refractivity contribution in [1.29, 1.82) is 0 Å². The van der Waals surface area contributed by atoms with Crippen molar-refractivity contribution in [3.63, 3.8) is 0 Å². The van der Waals surface area contributed by atoms with Gasteiger partial charge in [0.2, 0.25) is 5.91 Å². The van der Waals surface area contributed by atoms with Crippen molar-refractivity contribution in [2.75, 3.05) is 46.3 Å². The monoisotopic (exact) mass is 466 g/mol. The number of H-pyrrole nitrogens is 1. The van der Waals surface area contributed by atoms with Gasteiger partial charge in [-0.1, -0.05) is 12.1 Å². The van der Waals surface area contributed by atoms with Gasteiger partial charge >= 0.3 is 0 Å². The number of carbonyl (C=O) groups excluding carboxylic acids is 2. The number of rotatable bonds is 4. The number of nitrogens with zero attached hydrogens (tertiary/aromatic N) is 3. The van der Waals surface area contributed by atoms with Crippen molar-refractivity contribution in [3.8, 4) is 5.75 Å². The van der Waals surface area contributed by atoms with E-state index in [0.29, 0.717) is 18.8 Å². The first-order valence-electron chi connectivity index (χ1n) is 11.6. The Balaban J connectivity index is 1.18. The van der Waals surface area contributed by atoms with Gasteiger partial charge in [-0.15, -0.1) is 11.3 Å². The number of fused-ring (bicyclic) bond motifs is 1. The van der Waals surface area contributed by atoms with Crippen LogP contribution in [0.4, 0.5) is 0 Å². The number of hydrogen-bond acceptors (Lipinski definition) is 5. The number of amides is 2. The molecular formula is C25H30N4O3S. The Kier molecular flexibility index (Phi) is 6.12. The molecule has 0 saturated carbocycles. The molecule has 0 spiro atoms. The summed E-state index contributed by atoms with van der Waals surface area (Å²) in [6, 6.07) is 11.3. The van der Waals surface area contributed by atoms with Gasteiger partial charge in [0.15, 0.2) is 0 Å². The number of phenols is 1. The minimum Gasteiger partial charge on any atom is -0.508 e. The van der Waals surface area contributed by atoms with Gasteiger partial charge < -0.3 is 24.8 Å². The van der Waals surface area contributed by atoms with E-state index in [-0.39, 0.29) is 23.5 Å². The fourth-order valence-electron chi connectivity index (χ4n) is 4.78. The molecule has 33 heavy (non-hydrogen) atoms. The molecule has 7 nitrogen and oxygen atoms in total.